The van der Waals surface area contributed by atoms with E-state index in [9.17, 15) is 9.59 Å². The molecular weight excluding hydrogens is 340 g/mol. The molecule has 0 amide bonds. The topological polar surface area (TPSA) is 78.4 Å². The normalized spacial score (nSPS) is 10.2. The number of benzene rings is 1. The van der Waals surface area contributed by atoms with Crippen molar-refractivity contribution in [3.8, 4) is 5.75 Å². The molecule has 2 rings (SSSR count). The molecule has 0 bridgehead atoms. The van der Waals surface area contributed by atoms with Gasteiger partial charge in [0.2, 0.25) is 0 Å². The number of carbonyl (C=O) groups excluding carboxylic acids is 2. The van der Waals surface area contributed by atoms with Crippen molar-refractivity contribution < 1.29 is 19.1 Å². The van der Waals surface area contributed by atoms with Crippen LogP contribution in [-0.2, 0) is 4.74 Å². The molecule has 23 heavy (non-hydrogen) atoms. The number of rotatable bonds is 5. The highest BCUT2D eigenvalue weighted by molar-refractivity contribution is 7.99. The summed E-state index contributed by atoms with van der Waals surface area (Å²) in [5.74, 6) is -0.128. The first-order chi connectivity index (χ1) is 11.0. The van der Waals surface area contributed by atoms with E-state index < -0.39 is 11.9 Å². The van der Waals surface area contributed by atoms with Crippen molar-refractivity contribution in [2.45, 2.75) is 12.1 Å². The van der Waals surface area contributed by atoms with Gasteiger partial charge in [-0.05, 0) is 30.0 Å². The molecule has 8 heteroatoms. The average Bonchev–Trinajstić information content (AvgIpc) is 2.56. The molecule has 0 unspecified atom stereocenters. The molecule has 0 spiro atoms. The number of aromatic nitrogens is 2. The highest BCUT2D eigenvalue weighted by Gasteiger charge is 2.17. The number of esters is 2. The Labute approximate surface area is 142 Å². The van der Waals surface area contributed by atoms with Crippen molar-refractivity contribution >= 4 is 35.3 Å². The van der Waals surface area contributed by atoms with Gasteiger partial charge >= 0.3 is 11.9 Å². The minimum atomic E-state index is -0.693. The molecule has 0 aliphatic heterocycles. The summed E-state index contributed by atoms with van der Waals surface area (Å²) in [7, 11) is 1.29. The molecule has 1 aromatic carbocycles. The van der Waals surface area contributed by atoms with Crippen LogP contribution in [0.3, 0.4) is 0 Å². The number of carbonyl (C=O) groups is 2. The monoisotopic (exact) mass is 352 g/mol. The lowest BCUT2D eigenvalue weighted by Crippen LogP contribution is -2.12. The Morgan fingerprint density at radius 2 is 1.91 bits per heavy atom. The second-order valence-corrected chi connectivity index (χ2v) is 5.83. The van der Waals surface area contributed by atoms with E-state index in [-0.39, 0.29) is 16.5 Å². The van der Waals surface area contributed by atoms with Crippen molar-refractivity contribution in [2.24, 2.45) is 0 Å². The fraction of sp³-hybridized carbons (Fsp3) is 0.200. The zero-order valence-electron chi connectivity index (χ0n) is 12.4. The molecule has 0 fully saturated rings. The summed E-state index contributed by atoms with van der Waals surface area (Å²) < 4.78 is 9.80. The van der Waals surface area contributed by atoms with E-state index in [4.69, 9.17) is 16.3 Å². The fourth-order valence-electron chi connectivity index (χ4n) is 1.63. The Morgan fingerprint density at radius 1 is 1.22 bits per heavy atom. The molecule has 1 aromatic heterocycles. The second-order valence-electron chi connectivity index (χ2n) is 4.19. The van der Waals surface area contributed by atoms with Crippen LogP contribution in [0, 0.1) is 0 Å². The van der Waals surface area contributed by atoms with Crippen LogP contribution in [0.5, 0.6) is 5.75 Å². The van der Waals surface area contributed by atoms with Crippen molar-refractivity contribution in [1.29, 1.82) is 0 Å². The van der Waals surface area contributed by atoms with Crippen LogP contribution in [0.25, 0.3) is 0 Å². The molecule has 0 aliphatic carbocycles. The number of hydrogen-bond acceptors (Lipinski definition) is 7. The molecule has 6 nitrogen and oxygen atoms in total. The van der Waals surface area contributed by atoms with Crippen molar-refractivity contribution in [2.75, 3.05) is 12.9 Å². The molecule has 0 radical (unpaired) electrons. The molecule has 0 atom stereocenters. The second kappa shape index (κ2) is 7.94. The third-order valence-electron chi connectivity index (χ3n) is 2.67. The zero-order chi connectivity index (χ0) is 16.8. The van der Waals surface area contributed by atoms with Crippen LogP contribution in [-0.4, -0.2) is 34.8 Å². The van der Waals surface area contributed by atoms with E-state index in [0.717, 1.165) is 5.75 Å². The number of ether oxygens (including phenoxy) is 2. The van der Waals surface area contributed by atoms with E-state index in [0.29, 0.717) is 10.7 Å². The summed E-state index contributed by atoms with van der Waals surface area (Å²) in [5, 5.41) is 0.562. The van der Waals surface area contributed by atoms with Gasteiger partial charge in [-0.1, -0.05) is 30.3 Å². The van der Waals surface area contributed by atoms with E-state index in [1.807, 2.05) is 6.92 Å². The highest BCUT2D eigenvalue weighted by atomic mass is 35.5. The Hall–Kier alpha value is -2.12. The third kappa shape index (κ3) is 4.43. The van der Waals surface area contributed by atoms with Crippen molar-refractivity contribution in [1.82, 2.24) is 9.97 Å². The van der Waals surface area contributed by atoms with E-state index in [2.05, 4.69) is 14.7 Å². The van der Waals surface area contributed by atoms with E-state index >= 15 is 0 Å². The molecule has 120 valence electrons. The van der Waals surface area contributed by atoms with Gasteiger partial charge in [-0.2, -0.15) is 0 Å². The maximum absolute atomic E-state index is 12.2. The molecular formula is C15H13ClN2O4S. The van der Waals surface area contributed by atoms with Crippen molar-refractivity contribution in [3.05, 3.63) is 46.7 Å². The first-order valence-corrected chi connectivity index (χ1v) is 7.97. The summed E-state index contributed by atoms with van der Waals surface area (Å²) in [6.45, 7) is 1.95. The van der Waals surface area contributed by atoms with Crippen LogP contribution < -0.4 is 4.74 Å². The summed E-state index contributed by atoms with van der Waals surface area (Å²) in [5.41, 5.74) is 0.351. The lowest BCUT2D eigenvalue weighted by atomic mass is 10.2. The first kappa shape index (κ1) is 17.2. The largest absolute Gasteiger partial charge is 0.465 e. The Balaban J connectivity index is 2.15. The molecule has 0 N–H and O–H groups in total. The summed E-state index contributed by atoms with van der Waals surface area (Å²) in [6.07, 6.45) is 1.36. The smallest absolute Gasteiger partial charge is 0.364 e. The number of thioether (sulfide) groups is 1. The summed E-state index contributed by atoms with van der Waals surface area (Å²) >= 11 is 7.34. The standard InChI is InChI=1S/C15H13ClN2O4S/c1-3-23-15-17-8-11(16)12(18-15)14(20)22-10-6-4-9(5-7-10)13(19)21-2/h4-8H,3H2,1-2H3. The lowest BCUT2D eigenvalue weighted by molar-refractivity contribution is 0.0600. The predicted octanol–water partition coefficient (Wildman–Crippen LogP) is 3.25. The quantitative estimate of drug-likeness (QED) is 0.353. The van der Waals surface area contributed by atoms with Crippen LogP contribution >= 0.6 is 23.4 Å². The van der Waals surface area contributed by atoms with Gasteiger partial charge in [-0.15, -0.1) is 0 Å². The van der Waals surface area contributed by atoms with Crippen LogP contribution in [0.15, 0.2) is 35.6 Å². The predicted molar refractivity (Wildman–Crippen MR) is 86.2 cm³/mol. The molecule has 2 aromatic rings. The number of halogens is 1. The van der Waals surface area contributed by atoms with Gasteiger partial charge < -0.3 is 9.47 Å². The molecule has 0 saturated carbocycles. The summed E-state index contributed by atoms with van der Waals surface area (Å²) in [4.78, 5) is 31.6. The molecule has 0 saturated heterocycles. The number of methoxy groups -OCH3 is 1. The van der Waals surface area contributed by atoms with Gasteiger partial charge in [-0.25, -0.2) is 19.6 Å². The van der Waals surface area contributed by atoms with Crippen LogP contribution in [0.1, 0.15) is 27.8 Å². The average molecular weight is 353 g/mol. The maximum Gasteiger partial charge on any atom is 0.364 e. The van der Waals surface area contributed by atoms with Gasteiger partial charge in [-0.3, -0.25) is 0 Å². The third-order valence-corrected chi connectivity index (χ3v) is 3.69. The highest BCUT2D eigenvalue weighted by Crippen LogP contribution is 2.20. The SMILES string of the molecule is CCSc1ncc(Cl)c(C(=O)Oc2ccc(C(=O)OC)cc2)n1. The first-order valence-electron chi connectivity index (χ1n) is 6.61. The van der Waals surface area contributed by atoms with Crippen molar-refractivity contribution in [3.63, 3.8) is 0 Å². The zero-order valence-corrected chi connectivity index (χ0v) is 14.0. The number of hydrogen-bond donors (Lipinski definition) is 0. The number of nitrogens with zero attached hydrogens (tertiary/aromatic N) is 2. The minimum absolute atomic E-state index is 0.00494. The maximum atomic E-state index is 12.2. The van der Waals surface area contributed by atoms with Gasteiger partial charge in [0.1, 0.15) is 5.75 Å². The fourth-order valence-corrected chi connectivity index (χ4v) is 2.33. The van der Waals surface area contributed by atoms with Gasteiger partial charge in [0.15, 0.2) is 10.9 Å². The van der Waals surface area contributed by atoms with Gasteiger partial charge in [0, 0.05) is 0 Å². The summed E-state index contributed by atoms with van der Waals surface area (Å²) in [6, 6.07) is 5.96. The Bertz CT molecular complexity index is 722. The van der Waals surface area contributed by atoms with Crippen LogP contribution in [0.2, 0.25) is 5.02 Å². The van der Waals surface area contributed by atoms with Crippen LogP contribution in [0.4, 0.5) is 0 Å². The van der Waals surface area contributed by atoms with Gasteiger partial charge in [0.05, 0.1) is 23.9 Å². The van der Waals surface area contributed by atoms with E-state index in [1.54, 1.807) is 0 Å². The Morgan fingerprint density at radius 3 is 2.52 bits per heavy atom. The van der Waals surface area contributed by atoms with Gasteiger partial charge in [0.25, 0.3) is 0 Å². The molecule has 1 heterocycles. The molecule has 0 aliphatic rings. The Kier molecular flexibility index (Phi) is 5.95. The lowest BCUT2D eigenvalue weighted by Gasteiger charge is -2.07. The minimum Gasteiger partial charge on any atom is -0.465 e. The van der Waals surface area contributed by atoms with E-state index in [1.165, 1.54) is 49.3 Å².